The number of nitrogens with zero attached hydrogens (tertiary/aromatic N) is 3. The van der Waals surface area contributed by atoms with E-state index in [1.165, 1.54) is 5.56 Å². The number of nitrogens with one attached hydrogen (secondary N) is 1. The van der Waals surface area contributed by atoms with Crippen molar-refractivity contribution >= 4 is 39.9 Å². The molecular formula is C29H36N4O3. The van der Waals surface area contributed by atoms with Crippen LogP contribution in [-0.4, -0.2) is 49.6 Å². The van der Waals surface area contributed by atoms with E-state index in [1.807, 2.05) is 37.3 Å². The Bertz CT molecular complexity index is 1200. The second-order valence-electron chi connectivity index (χ2n) is 9.24. The van der Waals surface area contributed by atoms with Gasteiger partial charge in [0.25, 0.3) is 0 Å². The number of amides is 2. The highest BCUT2D eigenvalue weighted by Gasteiger charge is 2.17. The van der Waals surface area contributed by atoms with Crippen LogP contribution in [0.4, 0.5) is 17.2 Å². The van der Waals surface area contributed by atoms with Crippen LogP contribution >= 0.6 is 0 Å². The van der Waals surface area contributed by atoms with Gasteiger partial charge in [0.2, 0.25) is 11.8 Å². The zero-order chi connectivity index (χ0) is 25.5. The maximum Gasteiger partial charge on any atom is 0.227 e. The van der Waals surface area contributed by atoms with Gasteiger partial charge in [0.15, 0.2) is 0 Å². The molecule has 1 N–H and O–H groups in total. The summed E-state index contributed by atoms with van der Waals surface area (Å²) in [5.74, 6) is 0.751. The second kappa shape index (κ2) is 12.0. The van der Waals surface area contributed by atoms with Gasteiger partial charge in [-0.25, -0.2) is 4.98 Å². The lowest BCUT2D eigenvalue weighted by Gasteiger charge is -2.28. The first-order valence-electron chi connectivity index (χ1n) is 12.9. The number of ether oxygens (including phenoxy) is 1. The highest BCUT2D eigenvalue weighted by atomic mass is 16.5. The van der Waals surface area contributed by atoms with E-state index in [0.717, 1.165) is 53.9 Å². The summed E-state index contributed by atoms with van der Waals surface area (Å²) < 4.78 is 5.45. The summed E-state index contributed by atoms with van der Waals surface area (Å²) in [6.45, 7) is 9.96. The number of fused-ring (bicyclic) bond motifs is 1. The minimum atomic E-state index is -0.170. The average Bonchev–Trinajstić information content (AvgIpc) is 2.91. The van der Waals surface area contributed by atoms with E-state index in [2.05, 4.69) is 42.3 Å². The minimum Gasteiger partial charge on any atom is -0.378 e. The number of hydrogen-bond acceptors (Lipinski definition) is 5. The first-order chi connectivity index (χ1) is 17.5. The predicted octanol–water partition coefficient (Wildman–Crippen LogP) is 5.10. The number of anilines is 3. The zero-order valence-corrected chi connectivity index (χ0v) is 21.5. The van der Waals surface area contributed by atoms with Gasteiger partial charge in [0.1, 0.15) is 5.82 Å². The van der Waals surface area contributed by atoms with Crippen molar-refractivity contribution in [2.75, 3.05) is 48.0 Å². The molecule has 0 aliphatic carbocycles. The monoisotopic (exact) mass is 488 g/mol. The number of aryl methyl sites for hydroxylation is 2. The van der Waals surface area contributed by atoms with Crippen molar-refractivity contribution < 1.29 is 14.3 Å². The highest BCUT2D eigenvalue weighted by molar-refractivity contribution is 5.99. The number of morpholine rings is 1. The van der Waals surface area contributed by atoms with Crippen LogP contribution in [0, 0.1) is 6.92 Å². The van der Waals surface area contributed by atoms with Gasteiger partial charge in [-0.15, -0.1) is 0 Å². The molecule has 2 aromatic carbocycles. The van der Waals surface area contributed by atoms with Gasteiger partial charge in [-0.1, -0.05) is 26.0 Å². The van der Waals surface area contributed by atoms with Gasteiger partial charge in [-0.05, 0) is 67.3 Å². The van der Waals surface area contributed by atoms with Gasteiger partial charge < -0.3 is 19.9 Å². The van der Waals surface area contributed by atoms with Gasteiger partial charge >= 0.3 is 0 Å². The zero-order valence-electron chi connectivity index (χ0n) is 21.5. The van der Waals surface area contributed by atoms with Crippen molar-refractivity contribution in [3.05, 3.63) is 59.7 Å². The molecule has 2 heterocycles. The SMILES string of the molecule is CCCN(C(=O)CCC(=O)Nc1ccc2nc(N3CCOCC3)cc(C)c2c1)c1ccc(CC)cc1. The van der Waals surface area contributed by atoms with Gasteiger partial charge in [0.05, 0.1) is 18.7 Å². The molecule has 1 fully saturated rings. The van der Waals surface area contributed by atoms with E-state index in [0.29, 0.717) is 25.4 Å². The molecule has 1 aromatic heterocycles. The predicted molar refractivity (Wildman–Crippen MR) is 146 cm³/mol. The molecule has 3 aromatic rings. The van der Waals surface area contributed by atoms with E-state index in [4.69, 9.17) is 9.72 Å². The standard InChI is InChI=1S/C29H36N4O3/c1-4-14-33(24-9-6-22(5-2)7-10-24)29(35)13-12-28(34)30-23-8-11-26-25(20-23)21(3)19-27(31-26)32-15-17-36-18-16-32/h6-11,19-20H,4-5,12-18H2,1-3H3,(H,30,34). The van der Waals surface area contributed by atoms with Crippen LogP contribution in [0.15, 0.2) is 48.5 Å². The molecule has 0 saturated carbocycles. The Morgan fingerprint density at radius 1 is 1.03 bits per heavy atom. The normalized spacial score (nSPS) is 13.6. The Morgan fingerprint density at radius 3 is 2.47 bits per heavy atom. The Hall–Kier alpha value is -3.45. The summed E-state index contributed by atoms with van der Waals surface area (Å²) in [6.07, 6.45) is 2.11. The van der Waals surface area contributed by atoms with Crippen LogP contribution in [0.5, 0.6) is 0 Å². The van der Waals surface area contributed by atoms with E-state index in [9.17, 15) is 9.59 Å². The Morgan fingerprint density at radius 2 is 1.78 bits per heavy atom. The molecule has 4 rings (SSSR count). The van der Waals surface area contributed by atoms with Crippen LogP contribution in [0.25, 0.3) is 10.9 Å². The molecule has 2 amide bonds. The Kier molecular flexibility index (Phi) is 8.54. The fraction of sp³-hybridized carbons (Fsp3) is 0.414. The maximum absolute atomic E-state index is 13.0. The molecule has 190 valence electrons. The molecule has 0 spiro atoms. The second-order valence-corrected chi connectivity index (χ2v) is 9.24. The third-order valence-corrected chi connectivity index (χ3v) is 6.59. The minimum absolute atomic E-state index is 0.0366. The number of carbonyl (C=O) groups is 2. The Labute approximate surface area is 213 Å². The van der Waals surface area contributed by atoms with Crippen LogP contribution in [0.2, 0.25) is 0 Å². The lowest BCUT2D eigenvalue weighted by molar-refractivity contribution is -0.122. The van der Waals surface area contributed by atoms with Crippen molar-refractivity contribution in [2.45, 2.75) is 46.5 Å². The first kappa shape index (κ1) is 25.6. The molecule has 0 atom stereocenters. The van der Waals surface area contributed by atoms with Crippen LogP contribution in [0.3, 0.4) is 0 Å². The van der Waals surface area contributed by atoms with Crippen molar-refractivity contribution in [1.82, 2.24) is 4.98 Å². The third kappa shape index (κ3) is 6.21. The molecule has 1 aliphatic heterocycles. The molecule has 1 aliphatic rings. The number of carbonyl (C=O) groups excluding carboxylic acids is 2. The fourth-order valence-electron chi connectivity index (χ4n) is 4.52. The molecule has 36 heavy (non-hydrogen) atoms. The largest absolute Gasteiger partial charge is 0.378 e. The van der Waals surface area contributed by atoms with Crippen molar-refractivity contribution in [3.8, 4) is 0 Å². The number of benzene rings is 2. The lowest BCUT2D eigenvalue weighted by Crippen LogP contribution is -2.36. The number of aromatic nitrogens is 1. The van der Waals surface area contributed by atoms with E-state index in [-0.39, 0.29) is 24.7 Å². The summed E-state index contributed by atoms with van der Waals surface area (Å²) >= 11 is 0. The van der Waals surface area contributed by atoms with Gasteiger partial charge in [-0.3, -0.25) is 9.59 Å². The summed E-state index contributed by atoms with van der Waals surface area (Å²) in [5.41, 5.74) is 4.84. The summed E-state index contributed by atoms with van der Waals surface area (Å²) in [7, 11) is 0. The maximum atomic E-state index is 13.0. The Balaban J connectivity index is 1.38. The van der Waals surface area contributed by atoms with E-state index < -0.39 is 0 Å². The molecular weight excluding hydrogens is 452 g/mol. The third-order valence-electron chi connectivity index (χ3n) is 6.59. The smallest absolute Gasteiger partial charge is 0.227 e. The lowest BCUT2D eigenvalue weighted by atomic mass is 10.1. The van der Waals surface area contributed by atoms with Crippen LogP contribution in [-0.2, 0) is 20.7 Å². The summed E-state index contributed by atoms with van der Waals surface area (Å²) in [5, 5.41) is 3.96. The topological polar surface area (TPSA) is 74.8 Å². The summed E-state index contributed by atoms with van der Waals surface area (Å²) in [4.78, 5) is 34.5. The van der Waals surface area contributed by atoms with E-state index >= 15 is 0 Å². The van der Waals surface area contributed by atoms with Crippen molar-refractivity contribution in [1.29, 1.82) is 0 Å². The average molecular weight is 489 g/mol. The molecule has 7 heteroatoms. The highest BCUT2D eigenvalue weighted by Crippen LogP contribution is 2.26. The number of rotatable bonds is 9. The van der Waals surface area contributed by atoms with Gasteiger partial charge in [-0.2, -0.15) is 0 Å². The van der Waals surface area contributed by atoms with E-state index in [1.54, 1.807) is 4.90 Å². The molecule has 0 unspecified atom stereocenters. The quantitative estimate of drug-likeness (QED) is 0.453. The van der Waals surface area contributed by atoms with Crippen molar-refractivity contribution in [2.24, 2.45) is 0 Å². The molecule has 1 saturated heterocycles. The molecule has 7 nitrogen and oxygen atoms in total. The van der Waals surface area contributed by atoms with Crippen molar-refractivity contribution in [3.63, 3.8) is 0 Å². The van der Waals surface area contributed by atoms with Crippen LogP contribution in [0.1, 0.15) is 44.2 Å². The molecule has 0 radical (unpaired) electrons. The van der Waals surface area contributed by atoms with Gasteiger partial charge in [0, 0.05) is 49.2 Å². The summed E-state index contributed by atoms with van der Waals surface area (Å²) in [6, 6.07) is 15.9. The fourth-order valence-corrected chi connectivity index (χ4v) is 4.52. The number of hydrogen-bond donors (Lipinski definition) is 1. The van der Waals surface area contributed by atoms with Crippen LogP contribution < -0.4 is 15.1 Å². The first-order valence-corrected chi connectivity index (χ1v) is 12.9. The molecule has 0 bridgehead atoms. The number of pyridine rings is 1.